The van der Waals surface area contributed by atoms with Crippen molar-refractivity contribution in [2.75, 3.05) is 0 Å². The molecule has 0 aliphatic heterocycles. The van der Waals surface area contributed by atoms with Crippen LogP contribution in [-0.2, 0) is 60.0 Å². The molecule has 0 amide bonds. The third-order valence-corrected chi connectivity index (χ3v) is 1.11. The fraction of sp³-hybridized carbons (Fsp3) is 0. The molecule has 0 saturated carbocycles. The van der Waals surface area contributed by atoms with Crippen LogP contribution < -0.4 is 0 Å². The molecule has 0 saturated heterocycles. The largest absolute Gasteiger partial charge is 3.00 e. The van der Waals surface area contributed by atoms with E-state index in [1.165, 1.54) is 0 Å². The molecule has 24 nitrogen and oxygen atoms in total. The van der Waals surface area contributed by atoms with Crippen molar-refractivity contribution >= 4 is 102 Å². The van der Waals surface area contributed by atoms with E-state index < -0.39 is 67.0 Å². The topological polar surface area (TPSA) is 465 Å². The van der Waals surface area contributed by atoms with Crippen molar-refractivity contribution in [3.8, 4) is 0 Å². The van der Waals surface area contributed by atoms with Crippen LogP contribution in [0.25, 0.3) is 0 Å². The van der Waals surface area contributed by atoms with E-state index >= 15 is 0 Å². The van der Waals surface area contributed by atoms with E-state index in [0.717, 1.165) is 0 Å². The van der Waals surface area contributed by atoms with Crippen LogP contribution >= 0.6 is 0 Å². The Bertz CT molecular complexity index is 986. The monoisotopic (exact) mass is 690 g/mol. The van der Waals surface area contributed by atoms with Crippen molar-refractivity contribution in [2.45, 2.75) is 0 Å². The van der Waals surface area contributed by atoms with Crippen LogP contribution in [0.15, 0.2) is 36.5 Å². The minimum atomic E-state index is -5.17. The minimum Gasteiger partial charge on any atom is -0.759 e. The van der Waals surface area contributed by atoms with Gasteiger partial charge < -0.3 is 58.0 Å². The van der Waals surface area contributed by atoms with Gasteiger partial charge in [0.1, 0.15) is 0 Å². The maximum atomic E-state index is 9.55. The normalized spacial score (nSPS) is 9.80. The number of aliphatic carboxylic acids is 6. The van der Waals surface area contributed by atoms with Gasteiger partial charge in [0.2, 0.25) is 0 Å². The van der Waals surface area contributed by atoms with Crippen LogP contribution in [0.4, 0.5) is 0 Å². The standard InChI is InChI=1S/3C4H4O4.2Al.3H2O4S/c3*5-3(6)1-2-4(7)8;;;3*1-5(2,3)4/h3*1-2H,(H,5,6)(H,7,8);;;3*(H2,1,2,3,4)/q;;;2*+3;;;/p-6/b3*2-1-;;;;;. The van der Waals surface area contributed by atoms with E-state index in [1.54, 1.807) is 0 Å². The van der Waals surface area contributed by atoms with E-state index in [2.05, 4.69) is 0 Å². The van der Waals surface area contributed by atoms with Crippen molar-refractivity contribution in [1.29, 1.82) is 0 Å². The third-order valence-electron chi connectivity index (χ3n) is 1.11. The molecule has 0 aromatic heterocycles. The maximum Gasteiger partial charge on any atom is 3.00 e. The number of carboxylic acids is 6. The van der Waals surface area contributed by atoms with Crippen molar-refractivity contribution in [2.24, 2.45) is 0 Å². The Morgan fingerprint density at radius 2 is 0.390 bits per heavy atom. The summed E-state index contributed by atoms with van der Waals surface area (Å²) in [4.78, 5) is 57.3. The van der Waals surface area contributed by atoms with Gasteiger partial charge in [-0.15, -0.1) is 0 Å². The first-order valence-corrected chi connectivity index (χ1v) is 11.3. The molecule has 0 fully saturated rings. The van der Waals surface area contributed by atoms with Gasteiger partial charge in [-0.3, -0.25) is 25.3 Å². The summed E-state index contributed by atoms with van der Waals surface area (Å²) in [7, 11) is -15.5. The molecule has 0 aromatic carbocycles. The smallest absolute Gasteiger partial charge is 0.759 e. The Hall–Kier alpha value is -3.29. The summed E-state index contributed by atoms with van der Waals surface area (Å²) in [5, 5.41) is 46.9. The van der Waals surface area contributed by atoms with E-state index in [0.29, 0.717) is 36.5 Å². The molecule has 0 atom stereocenters. The summed E-state index contributed by atoms with van der Waals surface area (Å²) in [6.45, 7) is 0. The minimum absolute atomic E-state index is 0. The zero-order valence-electron chi connectivity index (χ0n) is 18.9. The van der Waals surface area contributed by atoms with E-state index in [1.807, 2.05) is 0 Å². The molecule has 41 heavy (non-hydrogen) atoms. The van der Waals surface area contributed by atoms with Gasteiger partial charge >= 0.3 is 70.5 Å². The molecular weight excluding hydrogens is 678 g/mol. The molecule has 0 bridgehead atoms. The van der Waals surface area contributed by atoms with Gasteiger partial charge in [-0.2, -0.15) is 0 Å². The number of hydrogen-bond acceptors (Lipinski definition) is 18. The first-order chi connectivity index (χ1) is 16.9. The molecule has 0 radical (unpaired) electrons. The van der Waals surface area contributed by atoms with E-state index in [4.69, 9.17) is 83.2 Å². The summed E-state index contributed by atoms with van der Waals surface area (Å²) in [6, 6.07) is 0. The molecule has 0 aliphatic carbocycles. The fourth-order valence-electron chi connectivity index (χ4n) is 0.428. The van der Waals surface area contributed by atoms with Gasteiger partial charge in [0.15, 0.2) is 0 Å². The molecule has 0 unspecified atom stereocenters. The molecule has 29 heteroatoms. The number of hydrogen-bond donors (Lipinski definition) is 6. The van der Waals surface area contributed by atoms with Crippen LogP contribution in [0, 0.1) is 0 Å². The Kier molecular flexibility index (Phi) is 43.9. The SMILES string of the molecule is O=C(O)/C=C\C(=O)O.O=C(O)/C=C\C(=O)O.O=C(O)/C=C\C(=O)O.O=S(=O)([O-])[O-].O=S(=O)([O-])[O-].O=S(=O)([O-])[O-].[Al+3].[Al+3]. The second-order valence-electron chi connectivity index (χ2n) is 4.25. The van der Waals surface area contributed by atoms with Crippen molar-refractivity contribution in [3.05, 3.63) is 36.5 Å². The van der Waals surface area contributed by atoms with Gasteiger partial charge in [0.25, 0.3) is 0 Å². The summed E-state index contributed by atoms with van der Waals surface area (Å²) < 4.78 is 102. The Morgan fingerprint density at radius 3 is 0.415 bits per heavy atom. The summed E-state index contributed by atoms with van der Waals surface area (Å²) >= 11 is 0. The summed E-state index contributed by atoms with van der Waals surface area (Å²) in [5.41, 5.74) is 0. The zero-order valence-corrected chi connectivity index (χ0v) is 23.6. The Balaban J connectivity index is -0.0000000533. The summed E-state index contributed by atoms with van der Waals surface area (Å²) in [5.74, 6) is -7.54. The molecule has 6 N–H and O–H groups in total. The van der Waals surface area contributed by atoms with Gasteiger partial charge in [-0.1, -0.05) is 0 Å². The van der Waals surface area contributed by atoms with E-state index in [9.17, 15) is 28.8 Å². The number of carboxylic acid groups (broad SMARTS) is 6. The van der Waals surface area contributed by atoms with E-state index in [-0.39, 0.29) is 34.7 Å². The quantitative estimate of drug-likeness (QED) is 0.0654. The molecular formula is C12H12Al2O24S3. The Labute approximate surface area is 249 Å². The maximum absolute atomic E-state index is 9.55. The molecule has 0 heterocycles. The van der Waals surface area contributed by atoms with Crippen molar-refractivity contribution in [1.82, 2.24) is 0 Å². The van der Waals surface area contributed by atoms with Gasteiger partial charge in [0, 0.05) is 67.7 Å². The molecule has 0 aromatic rings. The molecule has 0 aliphatic rings. The predicted octanol–water partition coefficient (Wildman–Crippen LogP) is -5.64. The van der Waals surface area contributed by atoms with Crippen molar-refractivity contribution < 1.29 is 112 Å². The second-order valence-corrected chi connectivity index (χ2v) is 6.70. The van der Waals surface area contributed by atoms with Crippen LogP contribution in [-0.4, -0.2) is 154 Å². The Morgan fingerprint density at radius 1 is 0.341 bits per heavy atom. The second kappa shape index (κ2) is 31.2. The first-order valence-electron chi connectivity index (χ1n) is 7.30. The van der Waals surface area contributed by atoms with Crippen molar-refractivity contribution in [3.63, 3.8) is 0 Å². The predicted molar refractivity (Wildman–Crippen MR) is 116 cm³/mol. The number of carbonyl (C=O) groups is 6. The fourth-order valence-corrected chi connectivity index (χ4v) is 0.428. The molecule has 228 valence electrons. The number of rotatable bonds is 6. The summed E-state index contributed by atoms with van der Waals surface area (Å²) in [6.07, 6.45) is 3.35. The zero-order chi connectivity index (χ0) is 33.2. The van der Waals surface area contributed by atoms with Crippen LogP contribution in [0.1, 0.15) is 0 Å². The van der Waals surface area contributed by atoms with Gasteiger partial charge in [0.05, 0.1) is 0 Å². The van der Waals surface area contributed by atoms with Crippen LogP contribution in [0.2, 0.25) is 0 Å². The average Bonchev–Trinajstić information content (AvgIpc) is 2.60. The van der Waals surface area contributed by atoms with Gasteiger partial charge in [-0.25, -0.2) is 28.8 Å². The average molecular weight is 690 g/mol. The van der Waals surface area contributed by atoms with Crippen LogP contribution in [0.3, 0.4) is 0 Å². The van der Waals surface area contributed by atoms with Gasteiger partial charge in [-0.05, 0) is 0 Å². The first kappa shape index (κ1) is 57.6. The third kappa shape index (κ3) is 322. The van der Waals surface area contributed by atoms with Crippen LogP contribution in [0.5, 0.6) is 0 Å². The molecule has 0 spiro atoms. The molecule has 0 rings (SSSR count).